The van der Waals surface area contributed by atoms with Gasteiger partial charge in [0, 0.05) is 17.7 Å². The fourth-order valence-electron chi connectivity index (χ4n) is 2.92. The summed E-state index contributed by atoms with van der Waals surface area (Å²) in [6, 6.07) is 19.4. The number of likely N-dealkylation sites (N-methyl/N-ethyl adjacent to an activating group) is 1. The quantitative estimate of drug-likeness (QED) is 0.535. The molecule has 0 radical (unpaired) electrons. The van der Waals surface area contributed by atoms with Crippen LogP contribution < -0.4 is 4.74 Å². The Labute approximate surface area is 166 Å². The van der Waals surface area contributed by atoms with Crippen LogP contribution in [0.25, 0.3) is 11.3 Å². The van der Waals surface area contributed by atoms with Gasteiger partial charge < -0.3 is 23.9 Å². The summed E-state index contributed by atoms with van der Waals surface area (Å²) in [6.07, 6.45) is 0.797. The predicted octanol–water partition coefficient (Wildman–Crippen LogP) is 4.14. The van der Waals surface area contributed by atoms with E-state index in [1.54, 1.807) is 6.26 Å². The Bertz CT molecular complexity index is 831. The second-order valence-corrected chi connectivity index (χ2v) is 6.86. The molecule has 3 rings (SSSR count). The first-order valence-electron chi connectivity index (χ1n) is 9.39. The van der Waals surface area contributed by atoms with Gasteiger partial charge in [-0.25, -0.2) is 0 Å². The number of hydrogen-bond acceptors (Lipinski definition) is 5. The van der Waals surface area contributed by atoms with Crippen LogP contribution in [-0.4, -0.2) is 43.9 Å². The van der Waals surface area contributed by atoms with Gasteiger partial charge in [-0.3, -0.25) is 0 Å². The van der Waals surface area contributed by atoms with Crippen LogP contribution >= 0.6 is 0 Å². The highest BCUT2D eigenvalue weighted by Crippen LogP contribution is 2.36. The molecule has 0 amide bonds. The lowest BCUT2D eigenvalue weighted by atomic mass is 9.99. The van der Waals surface area contributed by atoms with E-state index >= 15 is 0 Å². The van der Waals surface area contributed by atoms with Gasteiger partial charge in [-0.05, 0) is 37.9 Å². The van der Waals surface area contributed by atoms with Crippen LogP contribution in [0.4, 0.5) is 0 Å². The standard InChI is InChI=1S/C23H27NO4/c1-24(2)13-15-26-17-20(25)23-19(21-12-7-14-27-21)10-6-11-22(23)28-16-18-8-4-3-5-9-18/h3-12,14,20,25H,13,15-17H2,1-2H3. The van der Waals surface area contributed by atoms with Crippen molar-refractivity contribution in [2.75, 3.05) is 33.9 Å². The van der Waals surface area contributed by atoms with Crippen LogP contribution in [0.15, 0.2) is 71.3 Å². The van der Waals surface area contributed by atoms with Crippen LogP contribution in [-0.2, 0) is 11.3 Å². The first-order chi connectivity index (χ1) is 13.6. The maximum absolute atomic E-state index is 10.9. The minimum atomic E-state index is -0.825. The molecule has 1 aromatic heterocycles. The first-order valence-corrected chi connectivity index (χ1v) is 9.39. The Balaban J connectivity index is 1.81. The third-order valence-electron chi connectivity index (χ3n) is 4.38. The zero-order valence-electron chi connectivity index (χ0n) is 16.4. The van der Waals surface area contributed by atoms with Crippen molar-refractivity contribution in [3.05, 3.63) is 78.1 Å². The van der Waals surface area contributed by atoms with Crippen molar-refractivity contribution >= 4 is 0 Å². The Morgan fingerprint density at radius 3 is 2.54 bits per heavy atom. The van der Waals surface area contributed by atoms with Crippen LogP contribution in [0, 0.1) is 0 Å². The van der Waals surface area contributed by atoms with Gasteiger partial charge in [0.2, 0.25) is 0 Å². The van der Waals surface area contributed by atoms with Gasteiger partial charge in [-0.15, -0.1) is 0 Å². The number of hydrogen-bond donors (Lipinski definition) is 1. The zero-order valence-corrected chi connectivity index (χ0v) is 16.4. The van der Waals surface area contributed by atoms with Crippen LogP contribution in [0.2, 0.25) is 0 Å². The molecule has 28 heavy (non-hydrogen) atoms. The van der Waals surface area contributed by atoms with E-state index in [1.165, 1.54) is 0 Å². The van der Waals surface area contributed by atoms with Crippen molar-refractivity contribution < 1.29 is 19.0 Å². The van der Waals surface area contributed by atoms with Crippen molar-refractivity contribution in [3.8, 4) is 17.1 Å². The van der Waals surface area contributed by atoms with Crippen molar-refractivity contribution in [2.45, 2.75) is 12.7 Å². The van der Waals surface area contributed by atoms with Gasteiger partial charge in [-0.2, -0.15) is 0 Å². The number of furan rings is 1. The lowest BCUT2D eigenvalue weighted by Crippen LogP contribution is -2.20. The molecule has 0 aliphatic heterocycles. The zero-order chi connectivity index (χ0) is 19.8. The lowest BCUT2D eigenvalue weighted by molar-refractivity contribution is 0.0294. The summed E-state index contributed by atoms with van der Waals surface area (Å²) in [4.78, 5) is 2.04. The van der Waals surface area contributed by atoms with Crippen LogP contribution in [0.5, 0.6) is 5.75 Å². The highest BCUT2D eigenvalue weighted by molar-refractivity contribution is 5.66. The molecule has 0 saturated carbocycles. The normalized spacial score (nSPS) is 12.3. The molecule has 1 atom stereocenters. The second-order valence-electron chi connectivity index (χ2n) is 6.86. The number of rotatable bonds is 10. The van der Waals surface area contributed by atoms with Crippen molar-refractivity contribution in [3.63, 3.8) is 0 Å². The average Bonchev–Trinajstić information content (AvgIpc) is 3.24. The van der Waals surface area contributed by atoms with Gasteiger partial charge in [0.1, 0.15) is 24.2 Å². The van der Waals surface area contributed by atoms with E-state index in [9.17, 15) is 5.11 Å². The minimum Gasteiger partial charge on any atom is -0.488 e. The second kappa shape index (κ2) is 10.1. The Hall–Kier alpha value is -2.60. The summed E-state index contributed by atoms with van der Waals surface area (Å²) < 4.78 is 17.3. The van der Waals surface area contributed by atoms with Crippen molar-refractivity contribution in [1.29, 1.82) is 0 Å². The van der Waals surface area contributed by atoms with Gasteiger partial charge in [0.15, 0.2) is 0 Å². The Morgan fingerprint density at radius 1 is 1.00 bits per heavy atom. The molecule has 3 aromatic rings. The number of nitrogens with zero attached hydrogens (tertiary/aromatic N) is 1. The number of ether oxygens (including phenoxy) is 2. The maximum Gasteiger partial charge on any atom is 0.134 e. The topological polar surface area (TPSA) is 55.1 Å². The molecule has 0 bridgehead atoms. The SMILES string of the molecule is CN(C)CCOCC(O)c1c(OCc2ccccc2)cccc1-c1ccco1. The lowest BCUT2D eigenvalue weighted by Gasteiger charge is -2.20. The van der Waals surface area contributed by atoms with Gasteiger partial charge in [0.25, 0.3) is 0 Å². The molecular weight excluding hydrogens is 354 g/mol. The summed E-state index contributed by atoms with van der Waals surface area (Å²) in [5.41, 5.74) is 2.55. The molecule has 5 nitrogen and oxygen atoms in total. The van der Waals surface area contributed by atoms with E-state index in [1.807, 2.05) is 79.7 Å². The number of benzene rings is 2. The van der Waals surface area contributed by atoms with E-state index in [0.717, 1.165) is 17.7 Å². The molecule has 2 aromatic carbocycles. The fourth-order valence-corrected chi connectivity index (χ4v) is 2.92. The van der Waals surface area contributed by atoms with Crippen LogP contribution in [0.1, 0.15) is 17.2 Å². The third kappa shape index (κ3) is 5.45. The average molecular weight is 381 g/mol. The molecule has 148 valence electrons. The molecule has 5 heteroatoms. The molecule has 0 spiro atoms. The molecule has 0 fully saturated rings. The molecule has 1 N–H and O–H groups in total. The van der Waals surface area contributed by atoms with Crippen molar-refractivity contribution in [1.82, 2.24) is 4.90 Å². The summed E-state index contributed by atoms with van der Waals surface area (Å²) in [7, 11) is 3.98. The smallest absolute Gasteiger partial charge is 0.134 e. The fraction of sp³-hybridized carbons (Fsp3) is 0.304. The monoisotopic (exact) mass is 381 g/mol. The van der Waals surface area contributed by atoms with Gasteiger partial charge >= 0.3 is 0 Å². The largest absolute Gasteiger partial charge is 0.488 e. The highest BCUT2D eigenvalue weighted by atomic mass is 16.5. The van der Waals surface area contributed by atoms with E-state index in [2.05, 4.69) is 0 Å². The maximum atomic E-state index is 10.9. The van der Waals surface area contributed by atoms with E-state index < -0.39 is 6.10 Å². The van der Waals surface area contributed by atoms with Gasteiger partial charge in [-0.1, -0.05) is 42.5 Å². The summed E-state index contributed by atoms with van der Waals surface area (Å²) in [6.45, 7) is 1.95. The van der Waals surface area contributed by atoms with E-state index in [-0.39, 0.29) is 6.61 Å². The molecule has 0 aliphatic carbocycles. The predicted molar refractivity (Wildman–Crippen MR) is 109 cm³/mol. The number of aliphatic hydroxyl groups excluding tert-OH is 1. The third-order valence-corrected chi connectivity index (χ3v) is 4.38. The van der Waals surface area contributed by atoms with E-state index in [0.29, 0.717) is 30.3 Å². The van der Waals surface area contributed by atoms with Gasteiger partial charge in [0.05, 0.1) is 19.5 Å². The van der Waals surface area contributed by atoms with Crippen molar-refractivity contribution in [2.24, 2.45) is 0 Å². The molecule has 1 heterocycles. The highest BCUT2D eigenvalue weighted by Gasteiger charge is 2.21. The molecule has 0 saturated heterocycles. The first kappa shape index (κ1) is 20.1. The summed E-state index contributed by atoms with van der Waals surface area (Å²) >= 11 is 0. The Morgan fingerprint density at radius 2 is 1.82 bits per heavy atom. The summed E-state index contributed by atoms with van der Waals surface area (Å²) in [5, 5.41) is 10.9. The molecular formula is C23H27NO4. The molecule has 1 unspecified atom stereocenters. The number of aliphatic hydroxyl groups is 1. The Kier molecular flexibility index (Phi) is 7.25. The summed E-state index contributed by atoms with van der Waals surface area (Å²) in [5.74, 6) is 1.31. The van der Waals surface area contributed by atoms with Crippen LogP contribution in [0.3, 0.4) is 0 Å². The van der Waals surface area contributed by atoms with E-state index in [4.69, 9.17) is 13.9 Å². The minimum absolute atomic E-state index is 0.188. The molecule has 0 aliphatic rings.